The Morgan fingerprint density at radius 3 is 1.25 bits per heavy atom. The molecule has 0 heterocycles. The van der Waals surface area contributed by atoms with E-state index in [-0.39, 0.29) is 0 Å². The van der Waals surface area contributed by atoms with Crippen LogP contribution >= 0.6 is 0 Å². The van der Waals surface area contributed by atoms with Crippen molar-refractivity contribution in [3.8, 4) is 0 Å². The van der Waals surface area contributed by atoms with Crippen molar-refractivity contribution in [2.75, 3.05) is 0 Å². The molecule has 1 saturated carbocycles. The SMILES string of the molecule is O=C1C(=O)C(=O)[C@@H](O)[C@H](O)C1=O. The summed E-state index contributed by atoms with van der Waals surface area (Å²) in [6.07, 6.45) is -4.19. The predicted molar refractivity (Wildman–Crippen MR) is 32.0 cm³/mol. The van der Waals surface area contributed by atoms with Crippen LogP contribution in [0.1, 0.15) is 0 Å². The van der Waals surface area contributed by atoms with Gasteiger partial charge in [-0.2, -0.15) is 0 Å². The van der Waals surface area contributed by atoms with Crippen molar-refractivity contribution in [3.63, 3.8) is 0 Å². The van der Waals surface area contributed by atoms with Gasteiger partial charge in [0.2, 0.25) is 11.6 Å². The zero-order valence-corrected chi connectivity index (χ0v) is 5.68. The number of carbonyl (C=O) groups is 4. The maximum Gasteiger partial charge on any atom is 0.275 e. The van der Waals surface area contributed by atoms with E-state index in [9.17, 15) is 19.2 Å². The number of hydrogen-bond donors (Lipinski definition) is 2. The van der Waals surface area contributed by atoms with Crippen LogP contribution in [0.5, 0.6) is 0 Å². The van der Waals surface area contributed by atoms with Crippen molar-refractivity contribution in [1.82, 2.24) is 0 Å². The lowest BCUT2D eigenvalue weighted by molar-refractivity contribution is -0.162. The van der Waals surface area contributed by atoms with Gasteiger partial charge in [0.15, 0.2) is 12.2 Å². The van der Waals surface area contributed by atoms with Crippen molar-refractivity contribution in [3.05, 3.63) is 0 Å². The van der Waals surface area contributed by atoms with E-state index in [2.05, 4.69) is 0 Å². The second kappa shape index (κ2) is 2.58. The van der Waals surface area contributed by atoms with Gasteiger partial charge in [0.05, 0.1) is 0 Å². The third-order valence-corrected chi connectivity index (χ3v) is 1.49. The maximum absolute atomic E-state index is 10.6. The molecule has 0 amide bonds. The normalized spacial score (nSPS) is 31.2. The molecule has 0 unspecified atom stereocenters. The average molecular weight is 172 g/mol. The molecule has 6 nitrogen and oxygen atoms in total. The van der Waals surface area contributed by atoms with Crippen LogP contribution in [0, 0.1) is 0 Å². The molecule has 1 fully saturated rings. The van der Waals surface area contributed by atoms with Crippen LogP contribution in [0.3, 0.4) is 0 Å². The van der Waals surface area contributed by atoms with Crippen LogP contribution in [-0.2, 0) is 19.2 Å². The van der Waals surface area contributed by atoms with Crippen LogP contribution in [0.25, 0.3) is 0 Å². The fraction of sp³-hybridized carbons (Fsp3) is 0.333. The molecule has 0 aromatic heterocycles. The van der Waals surface area contributed by atoms with E-state index in [0.29, 0.717) is 0 Å². The van der Waals surface area contributed by atoms with Gasteiger partial charge < -0.3 is 10.2 Å². The quantitative estimate of drug-likeness (QED) is 0.377. The lowest BCUT2D eigenvalue weighted by atomic mass is 9.90. The van der Waals surface area contributed by atoms with E-state index in [0.717, 1.165) is 0 Å². The van der Waals surface area contributed by atoms with Gasteiger partial charge in [-0.15, -0.1) is 0 Å². The number of Topliss-reactive ketones (excluding diaryl/α,β-unsaturated/α-hetero) is 4. The van der Waals surface area contributed by atoms with Crippen molar-refractivity contribution >= 4 is 23.1 Å². The van der Waals surface area contributed by atoms with E-state index in [1.165, 1.54) is 0 Å². The third-order valence-electron chi connectivity index (χ3n) is 1.49. The first-order valence-corrected chi connectivity index (χ1v) is 2.99. The summed E-state index contributed by atoms with van der Waals surface area (Å²) in [6.45, 7) is 0. The van der Waals surface area contributed by atoms with Crippen molar-refractivity contribution in [2.24, 2.45) is 0 Å². The standard InChI is InChI=1S/C6H4O6/c7-1-2(8)4(10)6(12)5(11)3(1)9/h1-2,7-8H/t1-,2-/m0/s1. The van der Waals surface area contributed by atoms with Crippen LogP contribution in [0.2, 0.25) is 0 Å². The van der Waals surface area contributed by atoms with Crippen molar-refractivity contribution in [1.29, 1.82) is 0 Å². The summed E-state index contributed by atoms with van der Waals surface area (Å²) in [5.74, 6) is -6.02. The van der Waals surface area contributed by atoms with E-state index < -0.39 is 35.3 Å². The molecule has 0 saturated heterocycles. The van der Waals surface area contributed by atoms with Crippen LogP contribution in [-0.4, -0.2) is 45.6 Å². The Hall–Kier alpha value is -1.40. The van der Waals surface area contributed by atoms with E-state index in [4.69, 9.17) is 10.2 Å². The average Bonchev–Trinajstić information content (AvgIpc) is 2.08. The summed E-state index contributed by atoms with van der Waals surface area (Å²) in [7, 11) is 0. The molecule has 0 aromatic rings. The molecule has 2 N–H and O–H groups in total. The second-order valence-corrected chi connectivity index (χ2v) is 2.28. The first-order chi connectivity index (χ1) is 5.46. The maximum atomic E-state index is 10.6. The summed E-state index contributed by atoms with van der Waals surface area (Å²) in [6, 6.07) is 0. The minimum absolute atomic E-state index is 1.44. The summed E-state index contributed by atoms with van der Waals surface area (Å²) in [4.78, 5) is 42.1. The van der Waals surface area contributed by atoms with Crippen LogP contribution in [0.15, 0.2) is 0 Å². The Labute approximate surface area is 65.8 Å². The van der Waals surface area contributed by atoms with Gasteiger partial charge in [0.1, 0.15) is 0 Å². The molecule has 1 rings (SSSR count). The van der Waals surface area contributed by atoms with Crippen LogP contribution in [0.4, 0.5) is 0 Å². The van der Waals surface area contributed by atoms with E-state index in [1.54, 1.807) is 0 Å². The number of aliphatic hydroxyl groups is 2. The minimum Gasteiger partial charge on any atom is -0.382 e. The monoisotopic (exact) mass is 172 g/mol. The van der Waals surface area contributed by atoms with Crippen molar-refractivity contribution in [2.45, 2.75) is 12.2 Å². The van der Waals surface area contributed by atoms with Gasteiger partial charge in [-0.25, -0.2) is 0 Å². The Morgan fingerprint density at radius 2 is 1.00 bits per heavy atom. The summed E-state index contributed by atoms with van der Waals surface area (Å²) in [5, 5.41) is 17.4. The Bertz CT molecular complexity index is 260. The van der Waals surface area contributed by atoms with Gasteiger partial charge in [0.25, 0.3) is 11.6 Å². The topological polar surface area (TPSA) is 109 Å². The molecule has 0 spiro atoms. The molecule has 0 aromatic carbocycles. The highest BCUT2D eigenvalue weighted by molar-refractivity contribution is 6.81. The fourth-order valence-electron chi connectivity index (χ4n) is 0.779. The largest absolute Gasteiger partial charge is 0.382 e. The lowest BCUT2D eigenvalue weighted by Gasteiger charge is -2.17. The minimum atomic E-state index is -2.09. The summed E-state index contributed by atoms with van der Waals surface area (Å²) in [5.41, 5.74) is 0. The number of carbonyl (C=O) groups excluding carboxylic acids is 4. The highest BCUT2D eigenvalue weighted by Gasteiger charge is 2.47. The second-order valence-electron chi connectivity index (χ2n) is 2.28. The Kier molecular flexibility index (Phi) is 1.87. The highest BCUT2D eigenvalue weighted by atomic mass is 16.3. The first kappa shape index (κ1) is 8.69. The number of hydrogen-bond acceptors (Lipinski definition) is 6. The zero-order chi connectivity index (χ0) is 9.46. The van der Waals surface area contributed by atoms with Gasteiger partial charge in [-0.1, -0.05) is 0 Å². The Balaban J connectivity index is 3.07. The molecule has 0 radical (unpaired) electrons. The molecule has 2 atom stereocenters. The number of ketones is 4. The molecule has 6 heteroatoms. The smallest absolute Gasteiger partial charge is 0.275 e. The first-order valence-electron chi connectivity index (χ1n) is 2.99. The molecule has 64 valence electrons. The van der Waals surface area contributed by atoms with Gasteiger partial charge in [-0.3, -0.25) is 19.2 Å². The summed E-state index contributed by atoms with van der Waals surface area (Å²) >= 11 is 0. The molecule has 1 aliphatic rings. The fourth-order valence-corrected chi connectivity index (χ4v) is 0.779. The highest BCUT2D eigenvalue weighted by Crippen LogP contribution is 2.06. The molecule has 1 aliphatic carbocycles. The molecule has 0 aliphatic heterocycles. The van der Waals surface area contributed by atoms with Crippen molar-refractivity contribution < 1.29 is 29.4 Å². The van der Waals surface area contributed by atoms with Crippen LogP contribution < -0.4 is 0 Å². The van der Waals surface area contributed by atoms with Gasteiger partial charge >= 0.3 is 0 Å². The van der Waals surface area contributed by atoms with E-state index in [1.807, 2.05) is 0 Å². The summed E-state index contributed by atoms with van der Waals surface area (Å²) < 4.78 is 0. The molecule has 12 heavy (non-hydrogen) atoms. The molecule has 0 bridgehead atoms. The van der Waals surface area contributed by atoms with Gasteiger partial charge in [-0.05, 0) is 0 Å². The van der Waals surface area contributed by atoms with E-state index >= 15 is 0 Å². The predicted octanol–water partition coefficient (Wildman–Crippen LogP) is -3.00. The number of aliphatic hydroxyl groups excluding tert-OH is 2. The lowest BCUT2D eigenvalue weighted by Crippen LogP contribution is -2.54. The zero-order valence-electron chi connectivity index (χ0n) is 5.68. The Morgan fingerprint density at radius 1 is 0.750 bits per heavy atom. The number of rotatable bonds is 0. The molecular weight excluding hydrogens is 168 g/mol. The molecular formula is C6H4O6. The van der Waals surface area contributed by atoms with Gasteiger partial charge in [0, 0.05) is 0 Å². The third kappa shape index (κ3) is 0.973.